The molecule has 0 radical (unpaired) electrons. The van der Waals surface area contributed by atoms with Crippen LogP contribution in [0.3, 0.4) is 0 Å². The van der Waals surface area contributed by atoms with E-state index in [4.69, 9.17) is 5.26 Å². The van der Waals surface area contributed by atoms with E-state index in [9.17, 15) is 0 Å². The van der Waals surface area contributed by atoms with E-state index in [0.717, 1.165) is 4.47 Å². The third kappa shape index (κ3) is 3.63. The maximum Gasteiger partial charge on any atom is 0.0637 e. The Bertz CT molecular complexity index is 548. The van der Waals surface area contributed by atoms with E-state index in [-0.39, 0.29) is 5.25 Å². The van der Waals surface area contributed by atoms with Crippen LogP contribution >= 0.6 is 27.7 Å². The molecule has 0 saturated heterocycles. The molecule has 0 aliphatic heterocycles. The monoisotopic (exact) mass is 317 g/mol. The zero-order chi connectivity index (χ0) is 12.8. The summed E-state index contributed by atoms with van der Waals surface area (Å²) in [4.78, 5) is 1.17. The summed E-state index contributed by atoms with van der Waals surface area (Å²) in [6, 6.07) is 20.6. The molecule has 0 bridgehead atoms. The van der Waals surface area contributed by atoms with Crippen LogP contribution in [0, 0.1) is 11.3 Å². The minimum Gasteiger partial charge on any atom is -0.198 e. The molecule has 2 aromatic carbocycles. The van der Waals surface area contributed by atoms with E-state index in [1.165, 1.54) is 10.5 Å². The first kappa shape index (κ1) is 13.2. The first-order chi connectivity index (χ1) is 8.79. The molecule has 0 amide bonds. The van der Waals surface area contributed by atoms with E-state index in [0.29, 0.717) is 6.42 Å². The molecule has 1 unspecified atom stereocenters. The van der Waals surface area contributed by atoms with Crippen LogP contribution in [-0.4, -0.2) is 0 Å². The first-order valence-electron chi connectivity index (χ1n) is 5.63. The average molecular weight is 318 g/mol. The molecule has 2 rings (SSSR count). The van der Waals surface area contributed by atoms with Crippen molar-refractivity contribution < 1.29 is 0 Å². The van der Waals surface area contributed by atoms with Crippen LogP contribution in [0.4, 0.5) is 0 Å². The summed E-state index contributed by atoms with van der Waals surface area (Å²) in [6.45, 7) is 0. The van der Waals surface area contributed by atoms with E-state index in [2.05, 4.69) is 46.3 Å². The van der Waals surface area contributed by atoms with E-state index in [1.807, 2.05) is 30.3 Å². The Kier molecular flexibility index (Phi) is 4.86. The van der Waals surface area contributed by atoms with Crippen molar-refractivity contribution in [1.82, 2.24) is 0 Å². The van der Waals surface area contributed by atoms with Crippen LogP contribution in [0.5, 0.6) is 0 Å². The minimum atomic E-state index is 0.186. The molecule has 0 saturated carbocycles. The highest BCUT2D eigenvalue weighted by molar-refractivity contribution is 9.10. The summed E-state index contributed by atoms with van der Waals surface area (Å²) in [5.74, 6) is 0. The van der Waals surface area contributed by atoms with Gasteiger partial charge in [0.25, 0.3) is 0 Å². The van der Waals surface area contributed by atoms with E-state index in [1.54, 1.807) is 11.8 Å². The molecule has 0 aliphatic rings. The molecular formula is C15H12BrNS. The van der Waals surface area contributed by atoms with Crippen LogP contribution in [0.2, 0.25) is 0 Å². The zero-order valence-electron chi connectivity index (χ0n) is 9.71. The molecule has 0 aromatic heterocycles. The van der Waals surface area contributed by atoms with Crippen LogP contribution in [0.15, 0.2) is 64.0 Å². The standard InChI is InChI=1S/C15H12BrNS/c16-13-7-4-8-14(11-13)18-15(9-10-17)12-5-2-1-3-6-12/h1-8,11,15H,9H2. The smallest absolute Gasteiger partial charge is 0.0637 e. The highest BCUT2D eigenvalue weighted by Gasteiger charge is 2.12. The number of thioether (sulfide) groups is 1. The lowest BCUT2D eigenvalue weighted by Crippen LogP contribution is -1.92. The Morgan fingerprint density at radius 1 is 1.11 bits per heavy atom. The summed E-state index contributed by atoms with van der Waals surface area (Å²) in [6.07, 6.45) is 0.515. The lowest BCUT2D eigenvalue weighted by Gasteiger charge is -2.13. The number of benzene rings is 2. The van der Waals surface area contributed by atoms with Crippen molar-refractivity contribution in [3.05, 3.63) is 64.6 Å². The molecular weight excluding hydrogens is 306 g/mol. The summed E-state index contributed by atoms with van der Waals surface area (Å²) < 4.78 is 1.07. The number of nitriles is 1. The third-order valence-corrected chi connectivity index (χ3v) is 4.27. The van der Waals surface area contributed by atoms with Gasteiger partial charge < -0.3 is 0 Å². The second kappa shape index (κ2) is 6.63. The van der Waals surface area contributed by atoms with E-state index < -0.39 is 0 Å². The van der Waals surface area contributed by atoms with Gasteiger partial charge in [0.05, 0.1) is 12.5 Å². The molecule has 1 atom stereocenters. The topological polar surface area (TPSA) is 23.8 Å². The van der Waals surface area contributed by atoms with Gasteiger partial charge in [0.2, 0.25) is 0 Å². The van der Waals surface area contributed by atoms with Gasteiger partial charge in [0, 0.05) is 14.6 Å². The molecule has 90 valence electrons. The maximum absolute atomic E-state index is 8.96. The molecule has 0 aliphatic carbocycles. The van der Waals surface area contributed by atoms with Crippen molar-refractivity contribution in [2.24, 2.45) is 0 Å². The molecule has 0 heterocycles. The van der Waals surface area contributed by atoms with Crippen LogP contribution < -0.4 is 0 Å². The fourth-order valence-corrected chi connectivity index (χ4v) is 3.37. The molecule has 3 heteroatoms. The van der Waals surface area contributed by atoms with Gasteiger partial charge in [0.1, 0.15) is 0 Å². The maximum atomic E-state index is 8.96. The number of hydrogen-bond donors (Lipinski definition) is 0. The second-order valence-corrected chi connectivity index (χ2v) is 6.03. The predicted molar refractivity (Wildman–Crippen MR) is 79.4 cm³/mol. The zero-order valence-corrected chi connectivity index (χ0v) is 12.1. The Hall–Kier alpha value is -1.24. The van der Waals surface area contributed by atoms with Gasteiger partial charge in [-0.05, 0) is 23.8 Å². The van der Waals surface area contributed by atoms with E-state index >= 15 is 0 Å². The number of hydrogen-bond acceptors (Lipinski definition) is 2. The quantitative estimate of drug-likeness (QED) is 0.724. The van der Waals surface area contributed by atoms with Crippen molar-refractivity contribution in [3.8, 4) is 6.07 Å². The summed E-state index contributed by atoms with van der Waals surface area (Å²) in [5.41, 5.74) is 1.20. The second-order valence-electron chi connectivity index (χ2n) is 3.84. The summed E-state index contributed by atoms with van der Waals surface area (Å²) in [7, 11) is 0. The van der Waals surface area contributed by atoms with Gasteiger partial charge in [-0.1, -0.05) is 52.3 Å². The van der Waals surface area contributed by atoms with Gasteiger partial charge in [-0.3, -0.25) is 0 Å². The number of nitrogens with zero attached hydrogens (tertiary/aromatic N) is 1. The lowest BCUT2D eigenvalue weighted by molar-refractivity contribution is 0.978. The predicted octanol–water partition coefficient (Wildman–Crippen LogP) is 5.20. The molecule has 0 N–H and O–H groups in total. The first-order valence-corrected chi connectivity index (χ1v) is 7.31. The summed E-state index contributed by atoms with van der Waals surface area (Å²) in [5, 5.41) is 9.14. The lowest BCUT2D eigenvalue weighted by atomic mass is 10.1. The average Bonchev–Trinajstić information content (AvgIpc) is 2.39. The Morgan fingerprint density at radius 3 is 2.56 bits per heavy atom. The van der Waals surface area contributed by atoms with Gasteiger partial charge >= 0.3 is 0 Å². The fraction of sp³-hybridized carbons (Fsp3) is 0.133. The highest BCUT2D eigenvalue weighted by Crippen LogP contribution is 2.38. The fourth-order valence-electron chi connectivity index (χ4n) is 1.68. The highest BCUT2D eigenvalue weighted by atomic mass is 79.9. The van der Waals surface area contributed by atoms with Crippen molar-refractivity contribution >= 4 is 27.7 Å². The van der Waals surface area contributed by atoms with Crippen molar-refractivity contribution in [1.29, 1.82) is 5.26 Å². The number of rotatable bonds is 4. The minimum absolute atomic E-state index is 0.186. The van der Waals surface area contributed by atoms with Gasteiger partial charge in [-0.25, -0.2) is 0 Å². The van der Waals surface area contributed by atoms with Crippen molar-refractivity contribution in [2.75, 3.05) is 0 Å². The molecule has 0 spiro atoms. The van der Waals surface area contributed by atoms with Crippen LogP contribution in [0.25, 0.3) is 0 Å². The summed E-state index contributed by atoms with van der Waals surface area (Å²) >= 11 is 5.20. The van der Waals surface area contributed by atoms with Gasteiger partial charge in [0.15, 0.2) is 0 Å². The molecule has 0 fully saturated rings. The molecule has 18 heavy (non-hydrogen) atoms. The normalized spacial score (nSPS) is 11.8. The Morgan fingerprint density at radius 2 is 1.89 bits per heavy atom. The largest absolute Gasteiger partial charge is 0.198 e. The van der Waals surface area contributed by atoms with Crippen molar-refractivity contribution in [2.45, 2.75) is 16.6 Å². The Labute approximate surface area is 120 Å². The van der Waals surface area contributed by atoms with Crippen LogP contribution in [0.1, 0.15) is 17.2 Å². The van der Waals surface area contributed by atoms with Crippen LogP contribution in [-0.2, 0) is 0 Å². The molecule has 2 aromatic rings. The van der Waals surface area contributed by atoms with Gasteiger partial charge in [-0.15, -0.1) is 11.8 Å². The van der Waals surface area contributed by atoms with Gasteiger partial charge in [-0.2, -0.15) is 5.26 Å². The SMILES string of the molecule is N#CCC(Sc1cccc(Br)c1)c1ccccc1. The third-order valence-electron chi connectivity index (χ3n) is 2.52. The molecule has 1 nitrogen and oxygen atoms in total. The van der Waals surface area contributed by atoms with Crippen molar-refractivity contribution in [3.63, 3.8) is 0 Å². The Balaban J connectivity index is 2.20. The number of halogens is 1.